The van der Waals surface area contributed by atoms with Gasteiger partial charge in [-0.2, -0.15) is 5.10 Å². The predicted molar refractivity (Wildman–Crippen MR) is 73.4 cm³/mol. The molecule has 5 heteroatoms. The fourth-order valence-electron chi connectivity index (χ4n) is 2.08. The number of carboxylic acids is 1. The lowest BCUT2D eigenvalue weighted by Crippen LogP contribution is -2.03. The zero-order valence-electron chi connectivity index (χ0n) is 11.1. The molecule has 1 aromatic heterocycles. The number of hydrogen-bond donors (Lipinski definition) is 2. The Morgan fingerprint density at radius 1 is 1.26 bits per heavy atom. The van der Waals surface area contributed by atoms with Crippen molar-refractivity contribution in [3.8, 4) is 5.69 Å². The van der Waals surface area contributed by atoms with E-state index in [1.54, 1.807) is 10.7 Å². The second-order valence-corrected chi connectivity index (χ2v) is 4.71. The van der Waals surface area contributed by atoms with Crippen molar-refractivity contribution >= 4 is 11.8 Å². The number of aliphatic carboxylic acids is 1. The van der Waals surface area contributed by atoms with Gasteiger partial charge in [0.1, 0.15) is 5.82 Å². The Hall–Kier alpha value is -2.30. The molecule has 1 heterocycles. The Balaban J connectivity index is 2.31. The second kappa shape index (κ2) is 5.14. The van der Waals surface area contributed by atoms with Crippen molar-refractivity contribution in [2.45, 2.75) is 26.7 Å². The molecule has 1 aromatic carbocycles. The van der Waals surface area contributed by atoms with Gasteiger partial charge >= 0.3 is 5.97 Å². The molecule has 0 atom stereocenters. The number of hydrogen-bond acceptors (Lipinski definition) is 3. The monoisotopic (exact) mass is 259 g/mol. The van der Waals surface area contributed by atoms with E-state index in [1.165, 1.54) is 0 Å². The molecule has 0 fully saturated rings. The number of nitrogens with zero attached hydrogens (tertiary/aromatic N) is 2. The van der Waals surface area contributed by atoms with Gasteiger partial charge in [-0.05, 0) is 37.1 Å². The lowest BCUT2D eigenvalue weighted by atomic mass is 10.1. The van der Waals surface area contributed by atoms with E-state index in [1.807, 2.05) is 26.0 Å². The normalized spacial score (nSPS) is 10.6. The number of aromatic nitrogens is 2. The SMILES string of the molecule is Cc1cc(C)cc(-n2nc(CCC(=O)O)cc2N)c1. The van der Waals surface area contributed by atoms with Crippen LogP contribution < -0.4 is 5.73 Å². The van der Waals surface area contributed by atoms with Crippen LogP contribution in [0.15, 0.2) is 24.3 Å². The molecule has 0 aliphatic heterocycles. The number of rotatable bonds is 4. The molecule has 0 spiro atoms. The minimum atomic E-state index is -0.834. The van der Waals surface area contributed by atoms with Gasteiger partial charge in [0.25, 0.3) is 0 Å². The van der Waals surface area contributed by atoms with Crippen molar-refractivity contribution in [3.63, 3.8) is 0 Å². The molecule has 2 rings (SSSR count). The maximum Gasteiger partial charge on any atom is 0.303 e. The minimum absolute atomic E-state index is 0.0588. The molecular weight excluding hydrogens is 242 g/mol. The van der Waals surface area contributed by atoms with Gasteiger partial charge in [-0.1, -0.05) is 6.07 Å². The summed E-state index contributed by atoms with van der Waals surface area (Å²) in [6, 6.07) is 7.80. The molecule has 0 amide bonds. The van der Waals surface area contributed by atoms with E-state index in [0.717, 1.165) is 16.8 Å². The number of nitrogen functional groups attached to an aromatic ring is 1. The Morgan fingerprint density at radius 3 is 2.47 bits per heavy atom. The van der Waals surface area contributed by atoms with Crippen molar-refractivity contribution in [2.24, 2.45) is 0 Å². The molecule has 5 nitrogen and oxygen atoms in total. The second-order valence-electron chi connectivity index (χ2n) is 4.71. The lowest BCUT2D eigenvalue weighted by Gasteiger charge is -2.06. The molecular formula is C14H17N3O2. The number of benzene rings is 1. The van der Waals surface area contributed by atoms with Gasteiger partial charge < -0.3 is 10.8 Å². The van der Waals surface area contributed by atoms with Crippen LogP contribution in [0.3, 0.4) is 0 Å². The maximum absolute atomic E-state index is 10.6. The number of nitrogens with two attached hydrogens (primary N) is 1. The molecule has 2 aromatic rings. The summed E-state index contributed by atoms with van der Waals surface area (Å²) < 4.78 is 1.65. The number of aryl methyl sites for hydroxylation is 3. The van der Waals surface area contributed by atoms with Crippen LogP contribution in [-0.2, 0) is 11.2 Å². The number of carbonyl (C=O) groups is 1. The van der Waals surface area contributed by atoms with Gasteiger partial charge in [-0.25, -0.2) is 4.68 Å². The molecule has 19 heavy (non-hydrogen) atoms. The van der Waals surface area contributed by atoms with Gasteiger partial charge in [-0.15, -0.1) is 0 Å². The Labute approximate surface area is 111 Å². The summed E-state index contributed by atoms with van der Waals surface area (Å²) in [4.78, 5) is 10.6. The van der Waals surface area contributed by atoms with Crippen LogP contribution in [0, 0.1) is 13.8 Å². The van der Waals surface area contributed by atoms with E-state index in [0.29, 0.717) is 17.9 Å². The van der Waals surface area contributed by atoms with Crippen molar-refractivity contribution in [1.29, 1.82) is 0 Å². The van der Waals surface area contributed by atoms with Crippen LogP contribution in [0.5, 0.6) is 0 Å². The highest BCUT2D eigenvalue weighted by atomic mass is 16.4. The summed E-state index contributed by atoms with van der Waals surface area (Å²) in [6.45, 7) is 4.03. The topological polar surface area (TPSA) is 81.1 Å². The van der Waals surface area contributed by atoms with Crippen molar-refractivity contribution in [1.82, 2.24) is 9.78 Å². The molecule has 0 aliphatic rings. The highest BCUT2D eigenvalue weighted by Gasteiger charge is 2.09. The average Bonchev–Trinajstić information content (AvgIpc) is 2.66. The van der Waals surface area contributed by atoms with Gasteiger partial charge in [-0.3, -0.25) is 4.79 Å². The quantitative estimate of drug-likeness (QED) is 0.880. The van der Waals surface area contributed by atoms with E-state index in [4.69, 9.17) is 10.8 Å². The highest BCUT2D eigenvalue weighted by Crippen LogP contribution is 2.18. The summed E-state index contributed by atoms with van der Waals surface area (Å²) >= 11 is 0. The summed E-state index contributed by atoms with van der Waals surface area (Å²) in [5.74, 6) is -0.315. The molecule has 0 saturated carbocycles. The number of anilines is 1. The number of carboxylic acid groups (broad SMARTS) is 1. The molecule has 100 valence electrons. The van der Waals surface area contributed by atoms with Crippen LogP contribution in [0.1, 0.15) is 23.2 Å². The summed E-state index contributed by atoms with van der Waals surface area (Å²) in [5.41, 5.74) is 9.80. The smallest absolute Gasteiger partial charge is 0.303 e. The summed E-state index contributed by atoms with van der Waals surface area (Å²) in [7, 11) is 0. The fourth-order valence-corrected chi connectivity index (χ4v) is 2.08. The van der Waals surface area contributed by atoms with Gasteiger partial charge in [0, 0.05) is 12.5 Å². The van der Waals surface area contributed by atoms with Crippen molar-refractivity contribution < 1.29 is 9.90 Å². The first-order valence-corrected chi connectivity index (χ1v) is 6.10. The zero-order chi connectivity index (χ0) is 14.0. The molecule has 0 unspecified atom stereocenters. The fraction of sp³-hybridized carbons (Fsp3) is 0.286. The molecule has 0 radical (unpaired) electrons. The Morgan fingerprint density at radius 2 is 1.89 bits per heavy atom. The van der Waals surface area contributed by atoms with Crippen LogP contribution in [-0.4, -0.2) is 20.9 Å². The van der Waals surface area contributed by atoms with Gasteiger partial charge in [0.2, 0.25) is 0 Å². The van der Waals surface area contributed by atoms with Crippen LogP contribution in [0.25, 0.3) is 5.69 Å². The van der Waals surface area contributed by atoms with Gasteiger partial charge in [0.05, 0.1) is 17.8 Å². The largest absolute Gasteiger partial charge is 0.481 e. The summed E-state index contributed by atoms with van der Waals surface area (Å²) in [6.07, 6.45) is 0.445. The third-order valence-electron chi connectivity index (χ3n) is 2.83. The van der Waals surface area contributed by atoms with Crippen molar-refractivity contribution in [2.75, 3.05) is 5.73 Å². The third-order valence-corrected chi connectivity index (χ3v) is 2.83. The molecule has 0 aliphatic carbocycles. The maximum atomic E-state index is 10.6. The van der Waals surface area contributed by atoms with Crippen LogP contribution >= 0.6 is 0 Å². The van der Waals surface area contributed by atoms with Gasteiger partial charge in [0.15, 0.2) is 0 Å². The first-order valence-electron chi connectivity index (χ1n) is 6.10. The van der Waals surface area contributed by atoms with E-state index < -0.39 is 5.97 Å². The average molecular weight is 259 g/mol. The van der Waals surface area contributed by atoms with E-state index in [9.17, 15) is 4.79 Å². The van der Waals surface area contributed by atoms with E-state index in [2.05, 4.69) is 11.2 Å². The summed E-state index contributed by atoms with van der Waals surface area (Å²) in [5, 5.41) is 13.0. The molecule has 3 N–H and O–H groups in total. The first kappa shape index (κ1) is 13.1. The van der Waals surface area contributed by atoms with Crippen molar-refractivity contribution in [3.05, 3.63) is 41.1 Å². The van der Waals surface area contributed by atoms with E-state index in [-0.39, 0.29) is 6.42 Å². The molecule has 0 bridgehead atoms. The Bertz CT molecular complexity index is 597. The highest BCUT2D eigenvalue weighted by molar-refractivity contribution is 5.67. The first-order chi connectivity index (χ1) is 8.95. The predicted octanol–water partition coefficient (Wildman–Crippen LogP) is 2.09. The molecule has 0 saturated heterocycles. The standard InChI is InChI=1S/C14H17N3O2/c1-9-5-10(2)7-12(6-9)17-13(15)8-11(16-17)3-4-14(18)19/h5-8H,3-4,15H2,1-2H3,(H,18,19). The van der Waals surface area contributed by atoms with Crippen LogP contribution in [0.4, 0.5) is 5.82 Å². The minimum Gasteiger partial charge on any atom is -0.481 e. The van der Waals surface area contributed by atoms with Crippen LogP contribution in [0.2, 0.25) is 0 Å². The Kier molecular flexibility index (Phi) is 3.55. The van der Waals surface area contributed by atoms with E-state index >= 15 is 0 Å². The zero-order valence-corrected chi connectivity index (χ0v) is 11.1. The lowest BCUT2D eigenvalue weighted by molar-refractivity contribution is -0.136. The third kappa shape index (κ3) is 3.13.